The van der Waals surface area contributed by atoms with Crippen molar-refractivity contribution in [3.63, 3.8) is 0 Å². The smallest absolute Gasteiger partial charge is 0.272 e. The molecule has 0 bridgehead atoms. The molecule has 3 N–H and O–H groups in total. The van der Waals surface area contributed by atoms with Crippen molar-refractivity contribution in [2.45, 2.75) is 4.90 Å². The molecule has 0 aliphatic rings. The van der Waals surface area contributed by atoms with E-state index in [1.807, 2.05) is 30.5 Å². The van der Waals surface area contributed by atoms with Crippen LogP contribution in [0.2, 0.25) is 0 Å². The highest BCUT2D eigenvalue weighted by Gasteiger charge is 2.11. The number of thioether (sulfide) groups is 1. The number of carbonyl (C=O) groups is 1. The highest BCUT2D eigenvalue weighted by molar-refractivity contribution is 7.98. The van der Waals surface area contributed by atoms with Crippen LogP contribution in [0.25, 0.3) is 0 Å². The fraction of sp³-hybridized carbons (Fsp3) is 0.154. The SMILES string of the molecule is CSc1cccc(NC(=O)c2cc(N)cn2C)c1. The van der Waals surface area contributed by atoms with Crippen LogP contribution >= 0.6 is 11.8 Å². The number of nitrogen functional groups attached to an aromatic ring is 1. The first-order chi connectivity index (χ1) is 8.60. The molecule has 0 fully saturated rings. The van der Waals surface area contributed by atoms with E-state index in [1.54, 1.807) is 35.6 Å². The Morgan fingerprint density at radius 3 is 2.78 bits per heavy atom. The molecule has 5 heteroatoms. The summed E-state index contributed by atoms with van der Waals surface area (Å²) in [5.41, 5.74) is 7.56. The Kier molecular flexibility index (Phi) is 3.62. The van der Waals surface area contributed by atoms with Gasteiger partial charge < -0.3 is 15.6 Å². The maximum Gasteiger partial charge on any atom is 0.272 e. The topological polar surface area (TPSA) is 60.1 Å². The number of nitrogens with two attached hydrogens (primary N) is 1. The molecular formula is C13H15N3OS. The number of anilines is 2. The Labute approximate surface area is 110 Å². The zero-order valence-corrected chi connectivity index (χ0v) is 11.1. The number of nitrogens with one attached hydrogen (secondary N) is 1. The molecule has 0 atom stereocenters. The van der Waals surface area contributed by atoms with Crippen molar-refractivity contribution in [1.82, 2.24) is 4.57 Å². The molecule has 1 aromatic carbocycles. The molecule has 2 aromatic rings. The first kappa shape index (κ1) is 12.6. The first-order valence-corrected chi connectivity index (χ1v) is 6.70. The maximum atomic E-state index is 12.1. The number of aryl methyl sites for hydroxylation is 1. The lowest BCUT2D eigenvalue weighted by Gasteiger charge is -2.07. The van der Waals surface area contributed by atoms with E-state index >= 15 is 0 Å². The summed E-state index contributed by atoms with van der Waals surface area (Å²) in [4.78, 5) is 13.2. The van der Waals surface area contributed by atoms with Crippen molar-refractivity contribution < 1.29 is 4.79 Å². The zero-order valence-electron chi connectivity index (χ0n) is 10.3. The molecule has 1 heterocycles. The lowest BCUT2D eigenvalue weighted by molar-refractivity contribution is 0.101. The Hall–Kier alpha value is -1.88. The van der Waals surface area contributed by atoms with Crippen LogP contribution in [0.15, 0.2) is 41.4 Å². The molecule has 0 aliphatic carbocycles. The van der Waals surface area contributed by atoms with Crippen LogP contribution in [0.3, 0.4) is 0 Å². The maximum absolute atomic E-state index is 12.1. The molecule has 4 nitrogen and oxygen atoms in total. The van der Waals surface area contributed by atoms with E-state index in [0.717, 1.165) is 10.6 Å². The van der Waals surface area contributed by atoms with E-state index < -0.39 is 0 Å². The van der Waals surface area contributed by atoms with Crippen LogP contribution in [-0.4, -0.2) is 16.7 Å². The third kappa shape index (κ3) is 2.68. The summed E-state index contributed by atoms with van der Waals surface area (Å²) in [7, 11) is 1.80. The van der Waals surface area contributed by atoms with Crippen LogP contribution in [0.5, 0.6) is 0 Å². The minimum Gasteiger partial charge on any atom is -0.397 e. The van der Waals surface area contributed by atoms with Gasteiger partial charge in [0.25, 0.3) is 5.91 Å². The summed E-state index contributed by atoms with van der Waals surface area (Å²) in [6, 6.07) is 9.38. The van der Waals surface area contributed by atoms with Crippen molar-refractivity contribution in [2.75, 3.05) is 17.3 Å². The van der Waals surface area contributed by atoms with Crippen molar-refractivity contribution in [3.05, 3.63) is 42.2 Å². The number of carbonyl (C=O) groups excluding carboxylic acids is 1. The lowest BCUT2D eigenvalue weighted by Crippen LogP contribution is -2.15. The molecule has 94 valence electrons. The fourth-order valence-electron chi connectivity index (χ4n) is 1.71. The number of benzene rings is 1. The van der Waals surface area contributed by atoms with Gasteiger partial charge >= 0.3 is 0 Å². The van der Waals surface area contributed by atoms with Crippen LogP contribution in [-0.2, 0) is 7.05 Å². The molecular weight excluding hydrogens is 246 g/mol. The van der Waals surface area contributed by atoms with E-state index in [2.05, 4.69) is 5.32 Å². The number of amides is 1. The van der Waals surface area contributed by atoms with Crippen LogP contribution < -0.4 is 11.1 Å². The van der Waals surface area contributed by atoms with Crippen LogP contribution in [0, 0.1) is 0 Å². The molecule has 2 rings (SSSR count). The second-order valence-electron chi connectivity index (χ2n) is 3.96. The molecule has 0 saturated carbocycles. The molecule has 0 saturated heterocycles. The van der Waals surface area contributed by atoms with Gasteiger partial charge in [-0.1, -0.05) is 6.07 Å². The van der Waals surface area contributed by atoms with Gasteiger partial charge in [-0.25, -0.2) is 0 Å². The molecule has 0 aliphatic heterocycles. The Balaban J connectivity index is 2.18. The summed E-state index contributed by atoms with van der Waals surface area (Å²) < 4.78 is 1.71. The molecule has 18 heavy (non-hydrogen) atoms. The third-order valence-electron chi connectivity index (χ3n) is 2.59. The number of hydrogen-bond acceptors (Lipinski definition) is 3. The van der Waals surface area contributed by atoms with Gasteiger partial charge in [0.2, 0.25) is 0 Å². The van der Waals surface area contributed by atoms with Crippen LogP contribution in [0.1, 0.15) is 10.5 Å². The van der Waals surface area contributed by atoms with Crippen molar-refractivity contribution >= 4 is 29.0 Å². The van der Waals surface area contributed by atoms with Gasteiger partial charge in [-0.2, -0.15) is 0 Å². The summed E-state index contributed by atoms with van der Waals surface area (Å²) in [6.07, 6.45) is 3.71. The molecule has 0 radical (unpaired) electrons. The van der Waals surface area contributed by atoms with E-state index in [4.69, 9.17) is 5.73 Å². The minimum absolute atomic E-state index is 0.160. The summed E-state index contributed by atoms with van der Waals surface area (Å²) in [6.45, 7) is 0. The molecule has 1 amide bonds. The van der Waals surface area contributed by atoms with Gasteiger partial charge in [-0.3, -0.25) is 4.79 Å². The lowest BCUT2D eigenvalue weighted by atomic mass is 10.3. The predicted molar refractivity (Wildman–Crippen MR) is 76.0 cm³/mol. The average Bonchev–Trinajstić information content (AvgIpc) is 2.69. The van der Waals surface area contributed by atoms with Crippen LogP contribution in [0.4, 0.5) is 11.4 Å². The summed E-state index contributed by atoms with van der Waals surface area (Å²) >= 11 is 1.64. The minimum atomic E-state index is -0.160. The Bertz CT molecular complexity index is 577. The second kappa shape index (κ2) is 5.18. The Morgan fingerprint density at radius 1 is 1.39 bits per heavy atom. The Morgan fingerprint density at radius 2 is 2.17 bits per heavy atom. The van der Waals surface area contributed by atoms with Gasteiger partial charge in [-0.05, 0) is 30.5 Å². The van der Waals surface area contributed by atoms with Gasteiger partial charge in [-0.15, -0.1) is 11.8 Å². The largest absolute Gasteiger partial charge is 0.397 e. The van der Waals surface area contributed by atoms with Crippen molar-refractivity contribution in [3.8, 4) is 0 Å². The fourth-order valence-corrected chi connectivity index (χ4v) is 2.17. The van der Waals surface area contributed by atoms with Gasteiger partial charge in [0, 0.05) is 23.8 Å². The van der Waals surface area contributed by atoms with Gasteiger partial charge in [0.15, 0.2) is 0 Å². The number of hydrogen-bond donors (Lipinski definition) is 2. The number of rotatable bonds is 3. The summed E-state index contributed by atoms with van der Waals surface area (Å²) in [5.74, 6) is -0.160. The number of aromatic nitrogens is 1. The van der Waals surface area contributed by atoms with E-state index in [1.165, 1.54) is 0 Å². The van der Waals surface area contributed by atoms with E-state index in [9.17, 15) is 4.79 Å². The van der Waals surface area contributed by atoms with Crippen molar-refractivity contribution in [1.29, 1.82) is 0 Å². The van der Waals surface area contributed by atoms with Crippen molar-refractivity contribution in [2.24, 2.45) is 7.05 Å². The average molecular weight is 261 g/mol. The highest BCUT2D eigenvalue weighted by atomic mass is 32.2. The first-order valence-electron chi connectivity index (χ1n) is 5.47. The molecule has 0 unspecified atom stereocenters. The van der Waals surface area contributed by atoms with Gasteiger partial charge in [0.1, 0.15) is 5.69 Å². The second-order valence-corrected chi connectivity index (χ2v) is 4.84. The molecule has 1 aromatic heterocycles. The zero-order chi connectivity index (χ0) is 13.1. The standard InChI is InChI=1S/C13H15N3OS/c1-16-8-9(14)6-12(16)13(17)15-10-4-3-5-11(7-10)18-2/h3-8H,14H2,1-2H3,(H,15,17). The van der Waals surface area contributed by atoms with E-state index in [0.29, 0.717) is 11.4 Å². The van der Waals surface area contributed by atoms with E-state index in [-0.39, 0.29) is 5.91 Å². The quantitative estimate of drug-likeness (QED) is 0.835. The highest BCUT2D eigenvalue weighted by Crippen LogP contribution is 2.20. The normalized spacial score (nSPS) is 10.3. The predicted octanol–water partition coefficient (Wildman–Crippen LogP) is 2.58. The third-order valence-corrected chi connectivity index (χ3v) is 3.31. The monoisotopic (exact) mass is 261 g/mol. The van der Waals surface area contributed by atoms with Gasteiger partial charge in [0.05, 0.1) is 5.69 Å². The molecule has 0 spiro atoms. The number of nitrogens with zero attached hydrogens (tertiary/aromatic N) is 1. The summed E-state index contributed by atoms with van der Waals surface area (Å²) in [5, 5.41) is 2.86.